The van der Waals surface area contributed by atoms with Crippen LogP contribution in [-0.2, 0) is 10.0 Å². The Hall–Kier alpha value is -2.34. The second kappa shape index (κ2) is 7.91. The van der Waals surface area contributed by atoms with Gasteiger partial charge in [-0.2, -0.15) is 0 Å². The standard InChI is InChI=1S/C20H26N2O3S/c1-14-7-6-8-18(13-14)20(23)21-9-10-22(26(5,24)25)19-16(3)11-15(2)12-17(19)4/h6-8,11-13H,9-10H2,1-5H3,(H,21,23). The summed E-state index contributed by atoms with van der Waals surface area (Å²) in [7, 11) is -3.46. The number of amides is 1. The summed E-state index contributed by atoms with van der Waals surface area (Å²) in [6.07, 6.45) is 1.19. The van der Waals surface area contributed by atoms with Crippen LogP contribution < -0.4 is 9.62 Å². The summed E-state index contributed by atoms with van der Waals surface area (Å²) in [5, 5.41) is 2.80. The first kappa shape index (κ1) is 20.0. The molecule has 0 bridgehead atoms. The highest BCUT2D eigenvalue weighted by Gasteiger charge is 2.21. The molecule has 140 valence electrons. The third-order valence-electron chi connectivity index (χ3n) is 4.17. The van der Waals surface area contributed by atoms with Crippen molar-refractivity contribution in [2.45, 2.75) is 27.7 Å². The Balaban J connectivity index is 2.17. The van der Waals surface area contributed by atoms with E-state index in [1.54, 1.807) is 12.1 Å². The minimum absolute atomic E-state index is 0.182. The van der Waals surface area contributed by atoms with Gasteiger partial charge in [-0.25, -0.2) is 8.42 Å². The van der Waals surface area contributed by atoms with Gasteiger partial charge in [0.15, 0.2) is 0 Å². The van der Waals surface area contributed by atoms with Crippen molar-refractivity contribution in [2.75, 3.05) is 23.7 Å². The Morgan fingerprint density at radius 1 is 1.00 bits per heavy atom. The van der Waals surface area contributed by atoms with Gasteiger partial charge in [-0.1, -0.05) is 35.4 Å². The maximum Gasteiger partial charge on any atom is 0.251 e. The average Bonchev–Trinajstić information content (AvgIpc) is 2.51. The van der Waals surface area contributed by atoms with Gasteiger partial charge in [-0.15, -0.1) is 0 Å². The number of carbonyl (C=O) groups excluding carboxylic acids is 1. The first-order valence-corrected chi connectivity index (χ1v) is 10.3. The summed E-state index contributed by atoms with van der Waals surface area (Å²) >= 11 is 0. The molecule has 5 nitrogen and oxygen atoms in total. The topological polar surface area (TPSA) is 66.5 Å². The zero-order valence-corrected chi connectivity index (χ0v) is 16.8. The van der Waals surface area contributed by atoms with Gasteiger partial charge >= 0.3 is 0 Å². The lowest BCUT2D eigenvalue weighted by molar-refractivity contribution is 0.0954. The second-order valence-electron chi connectivity index (χ2n) is 6.71. The normalized spacial score (nSPS) is 11.3. The molecule has 0 aromatic heterocycles. The lowest BCUT2D eigenvalue weighted by Gasteiger charge is -2.26. The van der Waals surface area contributed by atoms with Crippen LogP contribution in [0.1, 0.15) is 32.6 Å². The van der Waals surface area contributed by atoms with Crippen molar-refractivity contribution in [2.24, 2.45) is 0 Å². The van der Waals surface area contributed by atoms with Crippen LogP contribution in [0, 0.1) is 27.7 Å². The van der Waals surface area contributed by atoms with Crippen LogP contribution in [0.2, 0.25) is 0 Å². The first-order valence-electron chi connectivity index (χ1n) is 8.50. The van der Waals surface area contributed by atoms with Crippen molar-refractivity contribution in [3.05, 3.63) is 64.2 Å². The van der Waals surface area contributed by atoms with Gasteiger partial charge in [0.2, 0.25) is 10.0 Å². The Bertz CT molecular complexity index is 897. The lowest BCUT2D eigenvalue weighted by Crippen LogP contribution is -2.39. The van der Waals surface area contributed by atoms with Crippen LogP contribution in [0.15, 0.2) is 36.4 Å². The lowest BCUT2D eigenvalue weighted by atomic mass is 10.1. The highest BCUT2D eigenvalue weighted by molar-refractivity contribution is 7.92. The predicted octanol–water partition coefficient (Wildman–Crippen LogP) is 3.12. The molecule has 1 N–H and O–H groups in total. The van der Waals surface area contributed by atoms with Crippen molar-refractivity contribution >= 4 is 21.6 Å². The Kier molecular flexibility index (Phi) is 6.08. The van der Waals surface area contributed by atoms with Gasteiger partial charge in [0, 0.05) is 12.1 Å². The van der Waals surface area contributed by atoms with Crippen molar-refractivity contribution in [1.82, 2.24) is 5.32 Å². The van der Waals surface area contributed by atoms with E-state index in [-0.39, 0.29) is 19.0 Å². The average molecular weight is 375 g/mol. The first-order chi connectivity index (χ1) is 12.1. The highest BCUT2D eigenvalue weighted by atomic mass is 32.2. The van der Waals surface area contributed by atoms with E-state index in [0.29, 0.717) is 11.3 Å². The fourth-order valence-corrected chi connectivity index (χ4v) is 4.21. The third-order valence-corrected chi connectivity index (χ3v) is 5.33. The van der Waals surface area contributed by atoms with E-state index in [1.807, 2.05) is 52.0 Å². The van der Waals surface area contributed by atoms with Gasteiger partial charge in [-0.05, 0) is 51.0 Å². The van der Waals surface area contributed by atoms with E-state index >= 15 is 0 Å². The Morgan fingerprint density at radius 2 is 1.62 bits per heavy atom. The molecule has 0 atom stereocenters. The van der Waals surface area contributed by atoms with E-state index in [4.69, 9.17) is 0 Å². The molecule has 0 fully saturated rings. The molecule has 0 spiro atoms. The van der Waals surface area contributed by atoms with Gasteiger partial charge in [-0.3, -0.25) is 9.10 Å². The third kappa shape index (κ3) is 4.85. The van der Waals surface area contributed by atoms with Crippen molar-refractivity contribution < 1.29 is 13.2 Å². The fourth-order valence-electron chi connectivity index (χ4n) is 3.17. The predicted molar refractivity (Wildman–Crippen MR) is 106 cm³/mol. The number of hydrogen-bond acceptors (Lipinski definition) is 3. The van der Waals surface area contributed by atoms with Crippen LogP contribution in [0.3, 0.4) is 0 Å². The molecule has 2 aromatic rings. The zero-order valence-electron chi connectivity index (χ0n) is 16.0. The van der Waals surface area contributed by atoms with Gasteiger partial charge in [0.1, 0.15) is 0 Å². The Morgan fingerprint density at radius 3 is 2.15 bits per heavy atom. The van der Waals surface area contributed by atoms with Crippen LogP contribution in [0.25, 0.3) is 0 Å². The van der Waals surface area contributed by atoms with Gasteiger partial charge < -0.3 is 5.32 Å². The van der Waals surface area contributed by atoms with E-state index in [2.05, 4.69) is 5.32 Å². The van der Waals surface area contributed by atoms with E-state index in [0.717, 1.165) is 22.3 Å². The van der Waals surface area contributed by atoms with Crippen LogP contribution in [-0.4, -0.2) is 33.7 Å². The zero-order chi connectivity index (χ0) is 19.5. The van der Waals surface area contributed by atoms with E-state index in [1.165, 1.54) is 10.6 Å². The summed E-state index contributed by atoms with van der Waals surface area (Å²) in [4.78, 5) is 12.3. The number of hydrogen-bond donors (Lipinski definition) is 1. The van der Waals surface area contributed by atoms with Crippen LogP contribution in [0.5, 0.6) is 0 Å². The largest absolute Gasteiger partial charge is 0.350 e. The monoisotopic (exact) mass is 374 g/mol. The molecule has 0 aliphatic heterocycles. The molecular formula is C20H26N2O3S. The molecule has 2 aromatic carbocycles. The second-order valence-corrected chi connectivity index (χ2v) is 8.61. The number of nitrogens with zero attached hydrogens (tertiary/aromatic N) is 1. The number of benzene rings is 2. The summed E-state index contributed by atoms with van der Waals surface area (Å²) < 4.78 is 26.0. The van der Waals surface area contributed by atoms with E-state index in [9.17, 15) is 13.2 Å². The number of aryl methyl sites for hydroxylation is 4. The number of rotatable bonds is 6. The smallest absolute Gasteiger partial charge is 0.251 e. The molecule has 0 unspecified atom stereocenters. The molecule has 2 rings (SSSR count). The minimum Gasteiger partial charge on any atom is -0.350 e. The van der Waals surface area contributed by atoms with Crippen LogP contribution >= 0.6 is 0 Å². The van der Waals surface area contributed by atoms with Crippen molar-refractivity contribution in [3.8, 4) is 0 Å². The number of sulfonamides is 1. The maximum atomic E-state index is 12.3. The van der Waals surface area contributed by atoms with Gasteiger partial charge in [0.25, 0.3) is 5.91 Å². The molecule has 26 heavy (non-hydrogen) atoms. The number of anilines is 1. The van der Waals surface area contributed by atoms with Gasteiger partial charge in [0.05, 0.1) is 18.5 Å². The highest BCUT2D eigenvalue weighted by Crippen LogP contribution is 2.27. The van der Waals surface area contributed by atoms with Crippen molar-refractivity contribution in [3.63, 3.8) is 0 Å². The van der Waals surface area contributed by atoms with E-state index < -0.39 is 10.0 Å². The molecule has 0 aliphatic rings. The molecule has 0 radical (unpaired) electrons. The quantitative estimate of drug-likeness (QED) is 0.845. The summed E-state index contributed by atoms with van der Waals surface area (Å²) in [5.41, 5.74) is 5.14. The number of nitrogens with one attached hydrogen (secondary N) is 1. The minimum atomic E-state index is -3.46. The summed E-state index contributed by atoms with van der Waals surface area (Å²) in [6.45, 7) is 8.12. The molecule has 0 heterocycles. The SMILES string of the molecule is Cc1cccc(C(=O)NCCN(c2c(C)cc(C)cc2C)S(C)(=O)=O)c1. The molecule has 0 saturated heterocycles. The van der Waals surface area contributed by atoms with Crippen LogP contribution in [0.4, 0.5) is 5.69 Å². The molecular weight excluding hydrogens is 348 g/mol. The molecule has 6 heteroatoms. The summed E-state index contributed by atoms with van der Waals surface area (Å²) in [6, 6.07) is 11.2. The van der Waals surface area contributed by atoms with Crippen molar-refractivity contribution in [1.29, 1.82) is 0 Å². The molecule has 0 aliphatic carbocycles. The summed E-state index contributed by atoms with van der Waals surface area (Å²) in [5.74, 6) is -0.209. The molecule has 1 amide bonds. The Labute approximate surface area is 156 Å². The maximum absolute atomic E-state index is 12.3. The fraction of sp³-hybridized carbons (Fsp3) is 0.350. The molecule has 0 saturated carbocycles. The number of carbonyl (C=O) groups is 1.